The van der Waals surface area contributed by atoms with Crippen molar-refractivity contribution in [3.63, 3.8) is 0 Å². The van der Waals surface area contributed by atoms with Crippen LogP contribution in [0.4, 0.5) is 5.00 Å². The van der Waals surface area contributed by atoms with Gasteiger partial charge in [-0.2, -0.15) is 5.10 Å². The van der Waals surface area contributed by atoms with Crippen LogP contribution in [0.2, 0.25) is 10.0 Å². The fraction of sp³-hybridized carbons (Fsp3) is 0.333. The number of nitrogens with zero attached hydrogens (tertiary/aromatic N) is 1. The number of methoxy groups -OCH3 is 1. The molecule has 222 valence electrons. The van der Waals surface area contributed by atoms with Crippen LogP contribution < -0.4 is 20.2 Å². The summed E-state index contributed by atoms with van der Waals surface area (Å²) in [7, 11) is 1.51. The number of nitrogens with one attached hydrogen (secondary N) is 2. The molecule has 4 rings (SSSR count). The highest BCUT2D eigenvalue weighted by atomic mass is 35.5. The number of hydrogen-bond acceptors (Lipinski definition) is 8. The second kappa shape index (κ2) is 14.5. The normalized spacial score (nSPS) is 13.0. The lowest BCUT2D eigenvalue weighted by atomic mass is 10.1. The molecular formula is C30H31Cl2N3O6S. The van der Waals surface area contributed by atoms with Crippen LogP contribution in [0.25, 0.3) is 0 Å². The van der Waals surface area contributed by atoms with Crippen molar-refractivity contribution in [3.8, 4) is 11.5 Å². The number of halogens is 2. The fourth-order valence-corrected chi connectivity index (χ4v) is 6.20. The lowest BCUT2D eigenvalue weighted by Crippen LogP contribution is -2.33. The van der Waals surface area contributed by atoms with Gasteiger partial charge < -0.3 is 19.5 Å². The van der Waals surface area contributed by atoms with Crippen molar-refractivity contribution in [1.29, 1.82) is 0 Å². The molecule has 0 aliphatic heterocycles. The molecule has 1 aliphatic rings. The van der Waals surface area contributed by atoms with Crippen LogP contribution >= 0.6 is 34.5 Å². The van der Waals surface area contributed by atoms with E-state index in [1.54, 1.807) is 50.2 Å². The van der Waals surface area contributed by atoms with Gasteiger partial charge in [0.1, 0.15) is 11.6 Å². The van der Waals surface area contributed by atoms with Crippen molar-refractivity contribution < 1.29 is 28.6 Å². The number of rotatable bonds is 9. The van der Waals surface area contributed by atoms with Gasteiger partial charge in [0, 0.05) is 26.0 Å². The van der Waals surface area contributed by atoms with Crippen molar-refractivity contribution in [3.05, 3.63) is 73.6 Å². The van der Waals surface area contributed by atoms with Crippen molar-refractivity contribution >= 4 is 63.0 Å². The topological polar surface area (TPSA) is 115 Å². The summed E-state index contributed by atoms with van der Waals surface area (Å²) in [4.78, 5) is 39.2. The number of benzene rings is 2. The minimum absolute atomic E-state index is 0.203. The second-order valence-electron chi connectivity index (χ2n) is 9.47. The Morgan fingerprint density at radius 3 is 2.52 bits per heavy atom. The highest BCUT2D eigenvalue weighted by Crippen LogP contribution is 2.38. The van der Waals surface area contributed by atoms with E-state index in [1.165, 1.54) is 18.4 Å². The van der Waals surface area contributed by atoms with Crippen LogP contribution in [0.5, 0.6) is 11.5 Å². The molecule has 1 aromatic heterocycles. The highest BCUT2D eigenvalue weighted by molar-refractivity contribution is 7.17. The number of hydrazone groups is 1. The minimum atomic E-state index is -0.973. The maximum absolute atomic E-state index is 12.8. The van der Waals surface area contributed by atoms with Gasteiger partial charge in [-0.1, -0.05) is 35.7 Å². The van der Waals surface area contributed by atoms with E-state index in [2.05, 4.69) is 15.8 Å². The van der Waals surface area contributed by atoms with Crippen molar-refractivity contribution in [2.45, 2.75) is 52.6 Å². The number of aryl methyl sites for hydroxylation is 1. The Morgan fingerprint density at radius 2 is 1.79 bits per heavy atom. The number of fused-ring (bicyclic) bond motifs is 1. The summed E-state index contributed by atoms with van der Waals surface area (Å²) in [6.45, 7) is 3.81. The number of carbonyl (C=O) groups excluding carboxylic acids is 3. The molecule has 2 N–H and O–H groups in total. The summed E-state index contributed by atoms with van der Waals surface area (Å²) in [5.41, 5.74) is 5.35. The molecule has 0 saturated carbocycles. The van der Waals surface area contributed by atoms with Gasteiger partial charge in [0.25, 0.3) is 0 Å². The molecule has 3 aromatic rings. The largest absolute Gasteiger partial charge is 0.493 e. The average Bonchev–Trinajstić information content (AvgIpc) is 3.14. The second-order valence-corrected chi connectivity index (χ2v) is 11.4. The Kier molecular flexibility index (Phi) is 10.8. The van der Waals surface area contributed by atoms with E-state index in [0.717, 1.165) is 48.1 Å². The molecule has 0 bridgehead atoms. The maximum Gasteiger partial charge on any atom is 0.341 e. The van der Waals surface area contributed by atoms with E-state index >= 15 is 0 Å². The van der Waals surface area contributed by atoms with Crippen LogP contribution in [0, 0.1) is 0 Å². The first kappa shape index (κ1) is 31.3. The monoisotopic (exact) mass is 631 g/mol. The summed E-state index contributed by atoms with van der Waals surface area (Å²) in [6, 6.07) is 10.3. The molecule has 1 heterocycles. The quantitative estimate of drug-likeness (QED) is 0.0907. The first-order valence-electron chi connectivity index (χ1n) is 13.4. The van der Waals surface area contributed by atoms with Crippen molar-refractivity contribution in [2.24, 2.45) is 5.10 Å². The van der Waals surface area contributed by atoms with Gasteiger partial charge in [0.2, 0.25) is 0 Å². The van der Waals surface area contributed by atoms with Crippen LogP contribution in [0.1, 0.15) is 65.0 Å². The van der Waals surface area contributed by atoms with E-state index in [9.17, 15) is 14.4 Å². The predicted octanol–water partition coefficient (Wildman–Crippen LogP) is 6.57. The molecule has 0 radical (unpaired) electrons. The number of hydrogen-bond donors (Lipinski definition) is 2. The zero-order valence-corrected chi connectivity index (χ0v) is 25.8. The molecule has 0 saturated heterocycles. The Balaban J connectivity index is 1.42. The molecule has 0 fully saturated rings. The zero-order chi connectivity index (χ0) is 30.2. The van der Waals surface area contributed by atoms with Gasteiger partial charge in [-0.25, -0.2) is 10.2 Å². The molecule has 9 nitrogen and oxygen atoms in total. The lowest BCUT2D eigenvalue weighted by molar-refractivity contribution is -0.136. The van der Waals surface area contributed by atoms with Gasteiger partial charge in [-0.3, -0.25) is 9.59 Å². The summed E-state index contributed by atoms with van der Waals surface area (Å²) in [6.07, 6.45) is 4.58. The fourth-order valence-electron chi connectivity index (χ4n) is 4.47. The Hall–Kier alpha value is -3.60. The number of anilines is 1. The number of amides is 2. The Bertz CT molecular complexity index is 1520. The van der Waals surface area contributed by atoms with E-state index in [0.29, 0.717) is 43.4 Å². The standard InChI is InChI=1S/C30H31Cl2N3O6S/c1-4-40-30(38)26-21-8-6-5-7-9-25(21)42-29(26)33-27(36)28(37)35-34-17(2)18-11-13-23(24(14-18)39-3)41-16-19-10-12-20(31)15-22(19)32/h10-15H,4-9,16H2,1-3H3,(H,33,36)(H,35,37). The van der Waals surface area contributed by atoms with Gasteiger partial charge in [-0.15, -0.1) is 11.3 Å². The summed E-state index contributed by atoms with van der Waals surface area (Å²) >= 11 is 13.5. The van der Waals surface area contributed by atoms with E-state index < -0.39 is 17.8 Å². The van der Waals surface area contributed by atoms with Crippen LogP contribution in [-0.2, 0) is 33.8 Å². The zero-order valence-electron chi connectivity index (χ0n) is 23.5. The van der Waals surface area contributed by atoms with Crippen LogP contribution in [-0.4, -0.2) is 37.2 Å². The SMILES string of the molecule is CCOC(=O)c1c(NC(=O)C(=O)NN=C(C)c2ccc(OCc3ccc(Cl)cc3Cl)c(OC)c2)sc2c1CCCCC2. The smallest absolute Gasteiger partial charge is 0.341 e. The number of esters is 1. The van der Waals surface area contributed by atoms with Crippen molar-refractivity contribution in [1.82, 2.24) is 5.43 Å². The molecule has 42 heavy (non-hydrogen) atoms. The Morgan fingerprint density at radius 1 is 1.00 bits per heavy atom. The molecule has 12 heteroatoms. The van der Waals surface area contributed by atoms with Crippen LogP contribution in [0.15, 0.2) is 41.5 Å². The third kappa shape index (κ3) is 7.61. The molecule has 0 atom stereocenters. The molecule has 1 aliphatic carbocycles. The van der Waals surface area contributed by atoms with Crippen LogP contribution in [0.3, 0.4) is 0 Å². The van der Waals surface area contributed by atoms with E-state index in [4.69, 9.17) is 37.4 Å². The molecule has 2 amide bonds. The third-order valence-electron chi connectivity index (χ3n) is 6.64. The number of thiophene rings is 1. The van der Waals surface area contributed by atoms with Crippen molar-refractivity contribution in [2.75, 3.05) is 19.0 Å². The van der Waals surface area contributed by atoms with Gasteiger partial charge in [0.15, 0.2) is 11.5 Å². The Labute approximate surface area is 258 Å². The third-order valence-corrected chi connectivity index (χ3v) is 8.43. The average molecular weight is 633 g/mol. The highest BCUT2D eigenvalue weighted by Gasteiger charge is 2.28. The molecule has 0 spiro atoms. The first-order valence-corrected chi connectivity index (χ1v) is 15.0. The predicted molar refractivity (Wildman–Crippen MR) is 164 cm³/mol. The maximum atomic E-state index is 12.8. The first-order chi connectivity index (χ1) is 20.2. The summed E-state index contributed by atoms with van der Waals surface area (Å²) in [5.74, 6) is -1.48. The summed E-state index contributed by atoms with van der Waals surface area (Å²) in [5, 5.41) is 8.02. The lowest BCUT2D eigenvalue weighted by Gasteiger charge is -2.13. The van der Waals surface area contributed by atoms with E-state index in [1.807, 2.05) is 0 Å². The number of carbonyl (C=O) groups is 3. The van der Waals surface area contributed by atoms with Gasteiger partial charge >= 0.3 is 17.8 Å². The molecular weight excluding hydrogens is 601 g/mol. The molecule has 2 aromatic carbocycles. The number of ether oxygens (including phenoxy) is 3. The van der Waals surface area contributed by atoms with E-state index in [-0.39, 0.29) is 13.2 Å². The minimum Gasteiger partial charge on any atom is -0.493 e. The van der Waals surface area contributed by atoms with Gasteiger partial charge in [-0.05, 0) is 75.4 Å². The van der Waals surface area contributed by atoms with Gasteiger partial charge in [0.05, 0.1) is 25.0 Å². The molecule has 0 unspecified atom stereocenters. The summed E-state index contributed by atoms with van der Waals surface area (Å²) < 4.78 is 16.6.